The van der Waals surface area contributed by atoms with Gasteiger partial charge in [-0.15, -0.1) is 11.3 Å². The van der Waals surface area contributed by atoms with Gasteiger partial charge in [0.2, 0.25) is 5.91 Å². The zero-order valence-corrected chi connectivity index (χ0v) is 13.6. The summed E-state index contributed by atoms with van der Waals surface area (Å²) in [6.45, 7) is 9.03. The summed E-state index contributed by atoms with van der Waals surface area (Å²) in [6.07, 6.45) is 2.39. The number of carbonyl (C=O) groups is 1. The van der Waals surface area contributed by atoms with Crippen LogP contribution in [-0.4, -0.2) is 37.7 Å². The molecule has 5 nitrogen and oxygen atoms in total. The van der Waals surface area contributed by atoms with Gasteiger partial charge in [-0.1, -0.05) is 20.8 Å². The molecule has 0 saturated carbocycles. The van der Waals surface area contributed by atoms with Crippen LogP contribution in [0.3, 0.4) is 0 Å². The summed E-state index contributed by atoms with van der Waals surface area (Å²) in [5.74, 6) is 0.0502. The van der Waals surface area contributed by atoms with Crippen LogP contribution in [0.5, 0.6) is 0 Å². The van der Waals surface area contributed by atoms with Gasteiger partial charge < -0.3 is 15.4 Å². The van der Waals surface area contributed by atoms with Gasteiger partial charge in [0.1, 0.15) is 0 Å². The molecule has 0 radical (unpaired) electrons. The minimum atomic E-state index is 0.0502. The van der Waals surface area contributed by atoms with Crippen molar-refractivity contribution in [1.29, 1.82) is 0 Å². The predicted molar refractivity (Wildman–Crippen MR) is 82.0 cm³/mol. The third-order valence-electron chi connectivity index (χ3n) is 2.65. The molecule has 1 amide bonds. The maximum atomic E-state index is 11.4. The van der Waals surface area contributed by atoms with Gasteiger partial charge in [-0.25, -0.2) is 4.98 Å². The average molecular weight is 299 g/mol. The molecule has 0 aliphatic rings. The van der Waals surface area contributed by atoms with Crippen molar-refractivity contribution in [2.75, 3.05) is 26.8 Å². The molecule has 1 heterocycles. The highest BCUT2D eigenvalue weighted by atomic mass is 32.1. The van der Waals surface area contributed by atoms with Crippen LogP contribution in [0.2, 0.25) is 0 Å². The van der Waals surface area contributed by atoms with E-state index in [-0.39, 0.29) is 11.3 Å². The van der Waals surface area contributed by atoms with Crippen LogP contribution in [-0.2, 0) is 21.5 Å². The van der Waals surface area contributed by atoms with Crippen LogP contribution in [0.1, 0.15) is 37.1 Å². The van der Waals surface area contributed by atoms with Crippen LogP contribution >= 0.6 is 11.3 Å². The molecule has 1 aromatic rings. The van der Waals surface area contributed by atoms with E-state index in [2.05, 4.69) is 36.4 Å². The monoisotopic (exact) mass is 299 g/mol. The molecule has 0 unspecified atom stereocenters. The fraction of sp³-hybridized carbons (Fsp3) is 0.714. The summed E-state index contributed by atoms with van der Waals surface area (Å²) in [7, 11) is 1.62. The van der Waals surface area contributed by atoms with Gasteiger partial charge in [-0.2, -0.15) is 0 Å². The number of hydrogen-bond acceptors (Lipinski definition) is 5. The minimum Gasteiger partial charge on any atom is -0.383 e. The Labute approximate surface area is 125 Å². The molecule has 0 bridgehead atoms. The van der Waals surface area contributed by atoms with Crippen molar-refractivity contribution in [3.05, 3.63) is 16.1 Å². The summed E-state index contributed by atoms with van der Waals surface area (Å²) in [5, 5.41) is 7.20. The smallest absolute Gasteiger partial charge is 0.221 e. The first-order chi connectivity index (χ1) is 9.43. The van der Waals surface area contributed by atoms with Gasteiger partial charge in [-0.3, -0.25) is 4.79 Å². The van der Waals surface area contributed by atoms with Crippen LogP contribution in [0.4, 0.5) is 0 Å². The molecule has 20 heavy (non-hydrogen) atoms. The SMILES string of the molecule is COCCNC(=O)CCNCc1cnc(C(C)(C)C)s1. The number of rotatable bonds is 8. The fourth-order valence-corrected chi connectivity index (χ4v) is 2.47. The van der Waals surface area contributed by atoms with Gasteiger partial charge in [0.15, 0.2) is 0 Å². The van der Waals surface area contributed by atoms with E-state index < -0.39 is 0 Å². The van der Waals surface area contributed by atoms with Gasteiger partial charge in [0, 0.05) is 49.7 Å². The number of carbonyl (C=O) groups excluding carboxylic acids is 1. The van der Waals surface area contributed by atoms with Crippen molar-refractivity contribution in [1.82, 2.24) is 15.6 Å². The first-order valence-electron chi connectivity index (χ1n) is 6.85. The highest BCUT2D eigenvalue weighted by molar-refractivity contribution is 7.11. The van der Waals surface area contributed by atoms with Crippen molar-refractivity contribution >= 4 is 17.2 Å². The Morgan fingerprint density at radius 3 is 2.75 bits per heavy atom. The molecule has 0 fully saturated rings. The second-order valence-electron chi connectivity index (χ2n) is 5.65. The zero-order valence-electron chi connectivity index (χ0n) is 12.8. The van der Waals surface area contributed by atoms with Crippen molar-refractivity contribution in [2.45, 2.75) is 39.2 Å². The van der Waals surface area contributed by atoms with E-state index in [0.717, 1.165) is 11.6 Å². The fourth-order valence-electron chi connectivity index (χ4n) is 1.53. The standard InChI is InChI=1S/C14H25N3O2S/c1-14(2,3)13-17-10-11(20-13)9-15-6-5-12(18)16-7-8-19-4/h10,15H,5-9H2,1-4H3,(H,16,18). The molecule has 1 aromatic heterocycles. The molecule has 1 rings (SSSR count). The molecule has 0 saturated heterocycles. The number of ether oxygens (including phenoxy) is 1. The second kappa shape index (κ2) is 8.34. The maximum absolute atomic E-state index is 11.4. The van der Waals surface area contributed by atoms with Crippen molar-refractivity contribution in [3.63, 3.8) is 0 Å². The first-order valence-corrected chi connectivity index (χ1v) is 7.66. The Morgan fingerprint density at radius 1 is 1.40 bits per heavy atom. The lowest BCUT2D eigenvalue weighted by Crippen LogP contribution is -2.29. The van der Waals surface area contributed by atoms with Crippen LogP contribution < -0.4 is 10.6 Å². The number of hydrogen-bond donors (Lipinski definition) is 2. The Balaban J connectivity index is 2.18. The summed E-state index contributed by atoms with van der Waals surface area (Å²) in [5.41, 5.74) is 0.101. The summed E-state index contributed by atoms with van der Waals surface area (Å²) in [4.78, 5) is 17.1. The van der Waals surface area contributed by atoms with Gasteiger partial charge in [0.05, 0.1) is 11.6 Å². The Bertz CT molecular complexity index is 413. The molecular weight excluding hydrogens is 274 g/mol. The normalized spacial score (nSPS) is 11.6. The lowest BCUT2D eigenvalue weighted by molar-refractivity contribution is -0.121. The van der Waals surface area contributed by atoms with Crippen molar-refractivity contribution in [3.8, 4) is 0 Å². The van der Waals surface area contributed by atoms with Crippen molar-refractivity contribution in [2.24, 2.45) is 0 Å². The number of amides is 1. The molecule has 114 valence electrons. The lowest BCUT2D eigenvalue weighted by Gasteiger charge is -2.13. The van der Waals surface area contributed by atoms with Crippen molar-refractivity contribution < 1.29 is 9.53 Å². The molecule has 0 aliphatic carbocycles. The van der Waals surface area contributed by atoms with E-state index >= 15 is 0 Å². The van der Waals surface area contributed by atoms with Crippen LogP contribution in [0, 0.1) is 0 Å². The first kappa shape index (κ1) is 17.1. The number of nitrogens with one attached hydrogen (secondary N) is 2. The van der Waals surface area contributed by atoms with E-state index in [4.69, 9.17) is 4.74 Å². The van der Waals surface area contributed by atoms with Gasteiger partial charge in [0.25, 0.3) is 0 Å². The Morgan fingerprint density at radius 2 is 2.15 bits per heavy atom. The molecule has 0 aromatic carbocycles. The molecular formula is C14H25N3O2S. The lowest BCUT2D eigenvalue weighted by atomic mass is 9.98. The van der Waals surface area contributed by atoms with Crippen LogP contribution in [0.25, 0.3) is 0 Å². The quantitative estimate of drug-likeness (QED) is 0.717. The number of thiazole rings is 1. The number of aromatic nitrogens is 1. The van der Waals surface area contributed by atoms with Gasteiger partial charge >= 0.3 is 0 Å². The largest absolute Gasteiger partial charge is 0.383 e. The summed E-state index contributed by atoms with van der Waals surface area (Å²) < 4.78 is 4.87. The molecule has 0 atom stereocenters. The highest BCUT2D eigenvalue weighted by Gasteiger charge is 2.17. The van der Waals surface area contributed by atoms with E-state index in [0.29, 0.717) is 26.1 Å². The van der Waals surface area contributed by atoms with E-state index in [1.165, 1.54) is 4.88 Å². The Kier molecular flexibility index (Phi) is 7.12. The molecule has 6 heteroatoms. The van der Waals surface area contributed by atoms with E-state index in [1.54, 1.807) is 18.4 Å². The van der Waals surface area contributed by atoms with E-state index in [9.17, 15) is 4.79 Å². The summed E-state index contributed by atoms with van der Waals surface area (Å²) in [6, 6.07) is 0. The van der Waals surface area contributed by atoms with Gasteiger partial charge in [-0.05, 0) is 0 Å². The number of methoxy groups -OCH3 is 1. The maximum Gasteiger partial charge on any atom is 0.221 e. The summed E-state index contributed by atoms with van der Waals surface area (Å²) >= 11 is 1.72. The van der Waals surface area contributed by atoms with Crippen LogP contribution in [0.15, 0.2) is 6.20 Å². The minimum absolute atomic E-state index is 0.0502. The topological polar surface area (TPSA) is 63.2 Å². The zero-order chi connectivity index (χ0) is 15.0. The van der Waals surface area contributed by atoms with E-state index in [1.807, 2.05) is 6.20 Å². The third kappa shape index (κ3) is 6.45. The highest BCUT2D eigenvalue weighted by Crippen LogP contribution is 2.26. The second-order valence-corrected chi connectivity index (χ2v) is 6.77. The number of nitrogens with zero attached hydrogens (tertiary/aromatic N) is 1. The Hall–Kier alpha value is -0.980. The molecule has 2 N–H and O–H groups in total. The molecule has 0 aliphatic heterocycles. The predicted octanol–water partition coefficient (Wildman–Crippen LogP) is 1.68. The molecule has 0 spiro atoms. The third-order valence-corrected chi connectivity index (χ3v) is 4.07. The average Bonchev–Trinajstić information content (AvgIpc) is 2.83.